The number of benzene rings is 2. The van der Waals surface area contributed by atoms with Crippen LogP contribution in [-0.2, 0) is 4.74 Å². The molecular formula is C20H24N2O2. The van der Waals surface area contributed by atoms with Crippen LogP contribution >= 0.6 is 0 Å². The second-order valence-corrected chi connectivity index (χ2v) is 6.32. The summed E-state index contributed by atoms with van der Waals surface area (Å²) >= 11 is 0. The third-order valence-corrected chi connectivity index (χ3v) is 4.56. The average molecular weight is 324 g/mol. The summed E-state index contributed by atoms with van der Waals surface area (Å²) in [6, 6.07) is 18.4. The Kier molecular flexibility index (Phi) is 5.49. The molecule has 4 nitrogen and oxygen atoms in total. The average Bonchev–Trinajstić information content (AvgIpc) is 2.63. The van der Waals surface area contributed by atoms with Crippen LogP contribution in [0.2, 0.25) is 0 Å². The van der Waals surface area contributed by atoms with Crippen molar-refractivity contribution in [2.45, 2.75) is 31.7 Å². The zero-order chi connectivity index (χ0) is 16.8. The Labute approximate surface area is 143 Å². The van der Waals surface area contributed by atoms with E-state index in [9.17, 15) is 4.79 Å². The van der Waals surface area contributed by atoms with E-state index in [1.165, 1.54) is 5.56 Å². The quantitative estimate of drug-likeness (QED) is 0.891. The number of carbonyl (C=O) groups excluding carboxylic acids is 1. The highest BCUT2D eigenvalue weighted by molar-refractivity contribution is 5.85. The molecule has 126 valence electrons. The molecule has 4 heteroatoms. The third kappa shape index (κ3) is 4.36. The number of piperidine rings is 1. The van der Waals surface area contributed by atoms with E-state index in [2.05, 4.69) is 34.9 Å². The van der Waals surface area contributed by atoms with Crippen LogP contribution in [0, 0.1) is 6.92 Å². The largest absolute Gasteiger partial charge is 0.448 e. The first-order valence-corrected chi connectivity index (χ1v) is 8.50. The summed E-state index contributed by atoms with van der Waals surface area (Å²) in [5, 5.41) is 6.25. The summed E-state index contributed by atoms with van der Waals surface area (Å²) in [5.74, 6) is 0.528. The first-order chi connectivity index (χ1) is 11.7. The topological polar surface area (TPSA) is 50.4 Å². The molecule has 2 atom stereocenters. The Morgan fingerprint density at radius 2 is 1.92 bits per heavy atom. The van der Waals surface area contributed by atoms with E-state index in [1.807, 2.05) is 37.3 Å². The maximum absolute atomic E-state index is 12.0. The van der Waals surface area contributed by atoms with E-state index in [0.29, 0.717) is 12.5 Å². The monoisotopic (exact) mass is 324 g/mol. The van der Waals surface area contributed by atoms with Gasteiger partial charge >= 0.3 is 6.09 Å². The number of rotatable bonds is 4. The Morgan fingerprint density at radius 1 is 1.17 bits per heavy atom. The molecule has 2 N–H and O–H groups in total. The molecule has 1 fully saturated rings. The van der Waals surface area contributed by atoms with Gasteiger partial charge in [0, 0.05) is 11.7 Å². The molecule has 1 heterocycles. The number of amides is 1. The van der Waals surface area contributed by atoms with Gasteiger partial charge < -0.3 is 10.1 Å². The second kappa shape index (κ2) is 7.97. The molecule has 3 rings (SSSR count). The van der Waals surface area contributed by atoms with Crippen molar-refractivity contribution in [3.05, 3.63) is 65.7 Å². The maximum Gasteiger partial charge on any atom is 0.411 e. The number of hydrogen-bond acceptors (Lipinski definition) is 3. The fourth-order valence-corrected chi connectivity index (χ4v) is 3.20. The van der Waals surface area contributed by atoms with Crippen LogP contribution in [0.3, 0.4) is 0 Å². The molecule has 0 bridgehead atoms. The molecule has 0 aromatic heterocycles. The minimum atomic E-state index is -0.395. The van der Waals surface area contributed by atoms with Gasteiger partial charge in [0.15, 0.2) is 0 Å². The van der Waals surface area contributed by atoms with Gasteiger partial charge in [-0.25, -0.2) is 4.79 Å². The van der Waals surface area contributed by atoms with Crippen LogP contribution in [0.15, 0.2) is 54.6 Å². The molecule has 1 aliphatic rings. The smallest absolute Gasteiger partial charge is 0.411 e. The molecule has 0 spiro atoms. The zero-order valence-corrected chi connectivity index (χ0v) is 14.0. The van der Waals surface area contributed by atoms with Gasteiger partial charge in [-0.3, -0.25) is 5.32 Å². The number of para-hydroxylation sites is 1. The third-order valence-electron chi connectivity index (χ3n) is 4.56. The first kappa shape index (κ1) is 16.5. The van der Waals surface area contributed by atoms with Crippen LogP contribution in [0.25, 0.3) is 0 Å². The molecule has 24 heavy (non-hydrogen) atoms. The highest BCUT2D eigenvalue weighted by Gasteiger charge is 2.23. The number of nitrogens with one attached hydrogen (secondary N) is 2. The Balaban J connectivity index is 1.49. The zero-order valence-electron chi connectivity index (χ0n) is 14.0. The van der Waals surface area contributed by atoms with E-state index >= 15 is 0 Å². The standard InChI is InChI=1S/C20H24N2O2/c1-15-7-5-6-10-19(15)22-20(23)24-14-18-13-17(11-12-21-18)16-8-3-2-4-9-16/h2-10,17-18,21H,11-14H2,1H3,(H,22,23)/t17-,18+/m1/s1. The molecule has 0 unspecified atom stereocenters. The number of ether oxygens (including phenoxy) is 1. The van der Waals surface area contributed by atoms with Gasteiger partial charge in [0.1, 0.15) is 6.61 Å². The van der Waals surface area contributed by atoms with Gasteiger partial charge in [0.25, 0.3) is 0 Å². The van der Waals surface area contributed by atoms with Crippen molar-refractivity contribution < 1.29 is 9.53 Å². The van der Waals surface area contributed by atoms with Crippen LogP contribution < -0.4 is 10.6 Å². The minimum Gasteiger partial charge on any atom is -0.448 e. The van der Waals surface area contributed by atoms with Gasteiger partial charge in [-0.05, 0) is 49.4 Å². The number of hydrogen-bond donors (Lipinski definition) is 2. The van der Waals surface area contributed by atoms with Crippen LogP contribution in [0.1, 0.15) is 29.9 Å². The molecule has 1 saturated heterocycles. The predicted molar refractivity (Wildman–Crippen MR) is 96.4 cm³/mol. The molecule has 0 radical (unpaired) electrons. The van der Waals surface area contributed by atoms with Gasteiger partial charge in [-0.15, -0.1) is 0 Å². The lowest BCUT2D eigenvalue weighted by Crippen LogP contribution is -2.41. The van der Waals surface area contributed by atoms with E-state index in [4.69, 9.17) is 4.74 Å². The van der Waals surface area contributed by atoms with Gasteiger partial charge in [-0.1, -0.05) is 48.5 Å². The highest BCUT2D eigenvalue weighted by Crippen LogP contribution is 2.27. The first-order valence-electron chi connectivity index (χ1n) is 8.50. The Bertz CT molecular complexity index is 672. The molecular weight excluding hydrogens is 300 g/mol. The lowest BCUT2D eigenvalue weighted by atomic mass is 9.87. The minimum absolute atomic E-state index is 0.201. The van der Waals surface area contributed by atoms with Crippen molar-refractivity contribution in [1.29, 1.82) is 0 Å². The van der Waals surface area contributed by atoms with Crippen molar-refractivity contribution in [1.82, 2.24) is 5.32 Å². The van der Waals surface area contributed by atoms with Gasteiger partial charge in [0.05, 0.1) is 0 Å². The predicted octanol–water partition coefficient (Wildman–Crippen LogP) is 4.08. The van der Waals surface area contributed by atoms with E-state index in [1.54, 1.807) is 0 Å². The Hall–Kier alpha value is -2.33. The molecule has 1 aliphatic heterocycles. The van der Waals surface area contributed by atoms with Gasteiger partial charge in [0.2, 0.25) is 0 Å². The summed E-state index contributed by atoms with van der Waals surface area (Å²) in [6.45, 7) is 3.30. The van der Waals surface area contributed by atoms with Crippen molar-refractivity contribution in [2.75, 3.05) is 18.5 Å². The van der Waals surface area contributed by atoms with Crippen LogP contribution in [0.5, 0.6) is 0 Å². The number of aryl methyl sites for hydroxylation is 1. The molecule has 2 aromatic rings. The van der Waals surface area contributed by atoms with Crippen molar-refractivity contribution in [3.63, 3.8) is 0 Å². The van der Waals surface area contributed by atoms with E-state index < -0.39 is 6.09 Å². The van der Waals surface area contributed by atoms with Gasteiger partial charge in [-0.2, -0.15) is 0 Å². The Morgan fingerprint density at radius 3 is 2.71 bits per heavy atom. The highest BCUT2D eigenvalue weighted by atomic mass is 16.5. The van der Waals surface area contributed by atoms with E-state index in [-0.39, 0.29) is 6.04 Å². The summed E-state index contributed by atoms with van der Waals surface area (Å²) in [5.41, 5.74) is 3.18. The maximum atomic E-state index is 12.0. The van der Waals surface area contributed by atoms with Crippen LogP contribution in [-0.4, -0.2) is 25.3 Å². The summed E-state index contributed by atoms with van der Waals surface area (Å²) < 4.78 is 5.41. The van der Waals surface area contributed by atoms with Crippen molar-refractivity contribution in [3.8, 4) is 0 Å². The van der Waals surface area contributed by atoms with Crippen LogP contribution in [0.4, 0.5) is 10.5 Å². The second-order valence-electron chi connectivity index (χ2n) is 6.32. The van der Waals surface area contributed by atoms with Crippen molar-refractivity contribution >= 4 is 11.8 Å². The number of anilines is 1. The van der Waals surface area contributed by atoms with Crippen molar-refractivity contribution in [2.24, 2.45) is 0 Å². The molecule has 0 aliphatic carbocycles. The molecule has 0 saturated carbocycles. The SMILES string of the molecule is Cc1ccccc1NC(=O)OC[C@@H]1C[C@H](c2ccccc2)CCN1. The summed E-state index contributed by atoms with van der Waals surface area (Å²) in [6.07, 6.45) is 1.71. The summed E-state index contributed by atoms with van der Waals surface area (Å²) in [4.78, 5) is 12.0. The summed E-state index contributed by atoms with van der Waals surface area (Å²) in [7, 11) is 0. The lowest BCUT2D eigenvalue weighted by Gasteiger charge is -2.30. The lowest BCUT2D eigenvalue weighted by molar-refractivity contribution is 0.139. The normalized spacial score (nSPS) is 20.4. The molecule has 2 aromatic carbocycles. The van der Waals surface area contributed by atoms with E-state index in [0.717, 1.165) is 30.6 Å². The fraction of sp³-hybridized carbons (Fsp3) is 0.350. The fourth-order valence-electron chi connectivity index (χ4n) is 3.20. The molecule has 1 amide bonds. The number of carbonyl (C=O) groups is 1.